The summed E-state index contributed by atoms with van der Waals surface area (Å²) in [4.78, 5) is 11.1. The van der Waals surface area contributed by atoms with Gasteiger partial charge in [-0.05, 0) is 25.1 Å². The summed E-state index contributed by atoms with van der Waals surface area (Å²) in [7, 11) is 0. The summed E-state index contributed by atoms with van der Waals surface area (Å²) in [5, 5.41) is 18.3. The summed E-state index contributed by atoms with van der Waals surface area (Å²) < 4.78 is 18.9. The standard InChI is InChI=1S/C15H13FO4/c1-9-13(7-6-12(17)14(9)16)20-8-10-4-2-3-5-11(10)15(18)19/h2-7,17H,8H2,1H3,(H,18,19). The van der Waals surface area contributed by atoms with Crippen LogP contribution in [0.25, 0.3) is 0 Å². The van der Waals surface area contributed by atoms with Crippen molar-refractivity contribution in [3.63, 3.8) is 0 Å². The van der Waals surface area contributed by atoms with Gasteiger partial charge in [0.15, 0.2) is 11.6 Å². The second-order valence-electron chi connectivity index (χ2n) is 4.27. The number of carbonyl (C=O) groups is 1. The van der Waals surface area contributed by atoms with Gasteiger partial charge >= 0.3 is 5.97 Å². The lowest BCUT2D eigenvalue weighted by Crippen LogP contribution is -2.06. The Morgan fingerprint density at radius 3 is 2.65 bits per heavy atom. The number of phenolic OH excluding ortho intramolecular Hbond substituents is 1. The molecule has 104 valence electrons. The second-order valence-corrected chi connectivity index (χ2v) is 4.27. The Labute approximate surface area is 115 Å². The van der Waals surface area contributed by atoms with E-state index in [9.17, 15) is 14.3 Å². The van der Waals surface area contributed by atoms with Crippen molar-refractivity contribution in [2.24, 2.45) is 0 Å². The first-order valence-corrected chi connectivity index (χ1v) is 5.92. The first kappa shape index (κ1) is 13.9. The smallest absolute Gasteiger partial charge is 0.336 e. The van der Waals surface area contributed by atoms with E-state index in [0.29, 0.717) is 5.56 Å². The Hall–Kier alpha value is -2.56. The molecule has 0 amide bonds. The van der Waals surface area contributed by atoms with Crippen LogP contribution in [0.15, 0.2) is 36.4 Å². The van der Waals surface area contributed by atoms with Crippen LogP contribution in [-0.2, 0) is 6.61 Å². The van der Waals surface area contributed by atoms with E-state index in [-0.39, 0.29) is 23.5 Å². The molecule has 0 heterocycles. The van der Waals surface area contributed by atoms with Crippen molar-refractivity contribution in [1.82, 2.24) is 0 Å². The molecule has 2 rings (SSSR count). The molecule has 2 aromatic carbocycles. The Kier molecular flexibility index (Phi) is 3.89. The molecule has 0 saturated carbocycles. The van der Waals surface area contributed by atoms with E-state index in [2.05, 4.69) is 0 Å². The minimum atomic E-state index is -1.04. The normalized spacial score (nSPS) is 10.3. The number of aromatic hydroxyl groups is 1. The number of rotatable bonds is 4. The molecule has 0 spiro atoms. The summed E-state index contributed by atoms with van der Waals surface area (Å²) in [5.41, 5.74) is 0.815. The predicted octanol–water partition coefficient (Wildman–Crippen LogP) is 3.12. The van der Waals surface area contributed by atoms with Crippen LogP contribution in [0.1, 0.15) is 21.5 Å². The third-order valence-electron chi connectivity index (χ3n) is 2.95. The monoisotopic (exact) mass is 276 g/mol. The van der Waals surface area contributed by atoms with Gasteiger partial charge in [-0.3, -0.25) is 0 Å². The molecule has 0 saturated heterocycles. The van der Waals surface area contributed by atoms with Crippen molar-refractivity contribution < 1.29 is 24.1 Å². The maximum Gasteiger partial charge on any atom is 0.336 e. The van der Waals surface area contributed by atoms with Crippen LogP contribution in [0, 0.1) is 12.7 Å². The molecule has 0 radical (unpaired) electrons. The number of carboxylic acids is 1. The molecule has 0 aromatic heterocycles. The van der Waals surface area contributed by atoms with Crippen molar-refractivity contribution in [3.05, 3.63) is 58.9 Å². The fourth-order valence-electron chi connectivity index (χ4n) is 1.82. The SMILES string of the molecule is Cc1c(OCc2ccccc2C(=O)O)ccc(O)c1F. The van der Waals surface area contributed by atoms with Gasteiger partial charge < -0.3 is 14.9 Å². The molecule has 20 heavy (non-hydrogen) atoms. The third kappa shape index (κ3) is 2.71. The lowest BCUT2D eigenvalue weighted by molar-refractivity contribution is 0.0694. The minimum absolute atomic E-state index is 0.00747. The van der Waals surface area contributed by atoms with Gasteiger partial charge in [0.2, 0.25) is 0 Å². The quantitative estimate of drug-likeness (QED) is 0.900. The molecule has 4 nitrogen and oxygen atoms in total. The maximum absolute atomic E-state index is 13.5. The summed E-state index contributed by atoms with van der Waals surface area (Å²) >= 11 is 0. The summed E-state index contributed by atoms with van der Waals surface area (Å²) in [6.45, 7) is 1.49. The zero-order valence-electron chi connectivity index (χ0n) is 10.8. The number of halogens is 1. The van der Waals surface area contributed by atoms with E-state index in [1.165, 1.54) is 25.1 Å². The number of aromatic carboxylic acids is 1. The maximum atomic E-state index is 13.5. The van der Waals surface area contributed by atoms with Crippen molar-refractivity contribution in [2.75, 3.05) is 0 Å². The molecule has 2 aromatic rings. The summed E-state index contributed by atoms with van der Waals surface area (Å²) in [6, 6.07) is 9.08. The van der Waals surface area contributed by atoms with Crippen molar-refractivity contribution in [1.29, 1.82) is 0 Å². The molecule has 0 aliphatic carbocycles. The number of hydrogen-bond acceptors (Lipinski definition) is 3. The van der Waals surface area contributed by atoms with E-state index in [0.717, 1.165) is 0 Å². The van der Waals surface area contributed by atoms with Gasteiger partial charge in [0.1, 0.15) is 12.4 Å². The van der Waals surface area contributed by atoms with Crippen LogP contribution in [0.2, 0.25) is 0 Å². The third-order valence-corrected chi connectivity index (χ3v) is 2.95. The average molecular weight is 276 g/mol. The fraction of sp³-hybridized carbons (Fsp3) is 0.133. The molecule has 0 fully saturated rings. The lowest BCUT2D eigenvalue weighted by Gasteiger charge is -2.11. The van der Waals surface area contributed by atoms with E-state index in [1.807, 2.05) is 0 Å². The number of benzene rings is 2. The fourth-order valence-corrected chi connectivity index (χ4v) is 1.82. The molecular weight excluding hydrogens is 263 g/mol. The molecule has 2 N–H and O–H groups in total. The van der Waals surface area contributed by atoms with Crippen LogP contribution in [0.3, 0.4) is 0 Å². The summed E-state index contributed by atoms with van der Waals surface area (Å²) in [5.74, 6) is -1.96. The van der Waals surface area contributed by atoms with Crippen LogP contribution in [-0.4, -0.2) is 16.2 Å². The van der Waals surface area contributed by atoms with E-state index < -0.39 is 17.5 Å². The predicted molar refractivity (Wildman–Crippen MR) is 70.5 cm³/mol. The highest BCUT2D eigenvalue weighted by Crippen LogP contribution is 2.28. The van der Waals surface area contributed by atoms with Gasteiger partial charge in [-0.25, -0.2) is 9.18 Å². The molecular formula is C15H13FO4. The Morgan fingerprint density at radius 1 is 1.25 bits per heavy atom. The molecule has 5 heteroatoms. The van der Waals surface area contributed by atoms with Gasteiger partial charge in [0.05, 0.1) is 5.56 Å². The number of carboxylic acid groups (broad SMARTS) is 1. The largest absolute Gasteiger partial charge is 0.505 e. The second kappa shape index (κ2) is 5.61. The Balaban J connectivity index is 2.22. The zero-order chi connectivity index (χ0) is 14.7. The lowest BCUT2D eigenvalue weighted by atomic mass is 10.1. The Morgan fingerprint density at radius 2 is 1.95 bits per heavy atom. The molecule has 0 bridgehead atoms. The molecule has 0 unspecified atom stereocenters. The van der Waals surface area contributed by atoms with Crippen molar-refractivity contribution in [2.45, 2.75) is 13.5 Å². The van der Waals surface area contributed by atoms with E-state index in [1.54, 1.807) is 18.2 Å². The summed E-state index contributed by atoms with van der Waals surface area (Å²) in [6.07, 6.45) is 0. The number of hydrogen-bond donors (Lipinski definition) is 2. The molecule has 0 atom stereocenters. The molecule has 0 aliphatic rings. The zero-order valence-corrected chi connectivity index (χ0v) is 10.8. The van der Waals surface area contributed by atoms with Gasteiger partial charge in [-0.1, -0.05) is 18.2 Å². The van der Waals surface area contributed by atoms with Crippen molar-refractivity contribution >= 4 is 5.97 Å². The van der Waals surface area contributed by atoms with Crippen LogP contribution in [0.4, 0.5) is 4.39 Å². The van der Waals surface area contributed by atoms with Gasteiger partial charge in [-0.2, -0.15) is 0 Å². The van der Waals surface area contributed by atoms with Crippen LogP contribution < -0.4 is 4.74 Å². The Bertz CT molecular complexity index is 652. The van der Waals surface area contributed by atoms with Crippen LogP contribution >= 0.6 is 0 Å². The highest BCUT2D eigenvalue weighted by atomic mass is 19.1. The van der Waals surface area contributed by atoms with E-state index in [4.69, 9.17) is 9.84 Å². The molecule has 0 aliphatic heterocycles. The minimum Gasteiger partial charge on any atom is -0.505 e. The van der Waals surface area contributed by atoms with Gasteiger partial charge in [0.25, 0.3) is 0 Å². The van der Waals surface area contributed by atoms with Gasteiger partial charge in [0, 0.05) is 11.1 Å². The topological polar surface area (TPSA) is 66.8 Å². The van der Waals surface area contributed by atoms with Crippen LogP contribution in [0.5, 0.6) is 11.5 Å². The highest BCUT2D eigenvalue weighted by Gasteiger charge is 2.12. The van der Waals surface area contributed by atoms with Gasteiger partial charge in [-0.15, -0.1) is 0 Å². The number of phenols is 1. The van der Waals surface area contributed by atoms with Crippen molar-refractivity contribution in [3.8, 4) is 11.5 Å². The van der Waals surface area contributed by atoms with E-state index >= 15 is 0 Å². The average Bonchev–Trinajstić information content (AvgIpc) is 2.44. The first-order valence-electron chi connectivity index (χ1n) is 5.92. The highest BCUT2D eigenvalue weighted by molar-refractivity contribution is 5.89. The first-order chi connectivity index (χ1) is 9.50. The number of ether oxygens (including phenoxy) is 1.